The van der Waals surface area contributed by atoms with Gasteiger partial charge >= 0.3 is 0 Å². The summed E-state index contributed by atoms with van der Waals surface area (Å²) in [5, 5.41) is 3.47. The molecule has 0 bridgehead atoms. The van der Waals surface area contributed by atoms with Gasteiger partial charge in [0, 0.05) is 24.8 Å². The molecule has 0 atom stereocenters. The number of hydrogen-bond acceptors (Lipinski definition) is 3. The first kappa shape index (κ1) is 10.1. The molecule has 0 unspecified atom stereocenters. The first-order valence-electron chi connectivity index (χ1n) is 6.21. The van der Waals surface area contributed by atoms with Gasteiger partial charge < -0.3 is 10.1 Å². The van der Waals surface area contributed by atoms with Gasteiger partial charge in [-0.1, -0.05) is 6.07 Å². The number of ether oxygens (including phenoxy) is 1. The Hall–Kier alpha value is -1.09. The van der Waals surface area contributed by atoms with Crippen LogP contribution in [0.2, 0.25) is 0 Å². The number of pyridine rings is 1. The van der Waals surface area contributed by atoms with E-state index in [0.29, 0.717) is 0 Å². The standard InChI is InChI=1S/C13H18N2O/c1-2-10(1)9-16-13-6-3-11(8-15-13)7-14-12-4-5-12/h3,6,8,10,12,14H,1-2,4-5,7,9H2. The molecule has 2 aliphatic rings. The first-order valence-corrected chi connectivity index (χ1v) is 6.21. The van der Waals surface area contributed by atoms with E-state index in [-0.39, 0.29) is 0 Å². The normalized spacial score (nSPS) is 19.8. The third kappa shape index (κ3) is 2.95. The average molecular weight is 218 g/mol. The molecule has 1 aromatic rings. The number of nitrogens with zero attached hydrogens (tertiary/aromatic N) is 1. The van der Waals surface area contributed by atoms with Crippen molar-refractivity contribution in [3.05, 3.63) is 23.9 Å². The maximum Gasteiger partial charge on any atom is 0.213 e. The summed E-state index contributed by atoms with van der Waals surface area (Å²) in [7, 11) is 0. The number of rotatable bonds is 6. The van der Waals surface area contributed by atoms with Crippen LogP contribution >= 0.6 is 0 Å². The minimum Gasteiger partial charge on any atom is -0.477 e. The topological polar surface area (TPSA) is 34.1 Å². The van der Waals surface area contributed by atoms with Gasteiger partial charge in [0.1, 0.15) is 0 Å². The molecule has 1 aromatic heterocycles. The highest BCUT2D eigenvalue weighted by Gasteiger charge is 2.22. The molecule has 3 heteroatoms. The lowest BCUT2D eigenvalue weighted by Gasteiger charge is -2.06. The molecule has 0 aliphatic heterocycles. The molecule has 0 spiro atoms. The molecule has 0 amide bonds. The van der Waals surface area contributed by atoms with Gasteiger partial charge in [0.15, 0.2) is 0 Å². The molecule has 0 radical (unpaired) electrons. The Morgan fingerprint density at radius 1 is 1.25 bits per heavy atom. The molecule has 86 valence electrons. The van der Waals surface area contributed by atoms with Gasteiger partial charge in [-0.15, -0.1) is 0 Å². The van der Waals surface area contributed by atoms with Crippen molar-refractivity contribution in [1.82, 2.24) is 10.3 Å². The second kappa shape index (κ2) is 4.42. The van der Waals surface area contributed by atoms with Gasteiger partial charge in [0.2, 0.25) is 5.88 Å². The summed E-state index contributed by atoms with van der Waals surface area (Å²) in [6, 6.07) is 4.84. The van der Waals surface area contributed by atoms with Crippen molar-refractivity contribution < 1.29 is 4.74 Å². The van der Waals surface area contributed by atoms with E-state index in [1.165, 1.54) is 31.2 Å². The summed E-state index contributed by atoms with van der Waals surface area (Å²) >= 11 is 0. The van der Waals surface area contributed by atoms with E-state index in [1.807, 2.05) is 12.3 Å². The van der Waals surface area contributed by atoms with Gasteiger partial charge in [-0.05, 0) is 37.2 Å². The zero-order chi connectivity index (χ0) is 10.8. The van der Waals surface area contributed by atoms with E-state index in [4.69, 9.17) is 4.74 Å². The van der Waals surface area contributed by atoms with Crippen molar-refractivity contribution in [2.45, 2.75) is 38.3 Å². The number of aromatic nitrogens is 1. The molecule has 2 fully saturated rings. The van der Waals surface area contributed by atoms with Gasteiger partial charge in [-0.3, -0.25) is 0 Å². The lowest BCUT2D eigenvalue weighted by molar-refractivity contribution is 0.288. The third-order valence-corrected chi connectivity index (χ3v) is 3.13. The van der Waals surface area contributed by atoms with E-state index in [2.05, 4.69) is 16.4 Å². The van der Waals surface area contributed by atoms with Crippen LogP contribution in [-0.4, -0.2) is 17.6 Å². The molecule has 3 rings (SSSR count). The van der Waals surface area contributed by atoms with Crippen LogP contribution in [0, 0.1) is 5.92 Å². The molecule has 2 saturated carbocycles. The zero-order valence-electron chi connectivity index (χ0n) is 9.48. The maximum atomic E-state index is 5.59. The van der Waals surface area contributed by atoms with Crippen LogP contribution in [0.3, 0.4) is 0 Å². The first-order chi connectivity index (χ1) is 7.90. The fraction of sp³-hybridized carbons (Fsp3) is 0.615. The van der Waals surface area contributed by atoms with Crippen molar-refractivity contribution >= 4 is 0 Å². The largest absolute Gasteiger partial charge is 0.477 e. The average Bonchev–Trinajstić information content (AvgIpc) is 3.17. The second-order valence-electron chi connectivity index (χ2n) is 4.91. The van der Waals surface area contributed by atoms with E-state index >= 15 is 0 Å². The highest BCUT2D eigenvalue weighted by Crippen LogP contribution is 2.29. The molecule has 16 heavy (non-hydrogen) atoms. The SMILES string of the molecule is c1cc(OCC2CC2)ncc1CNC1CC1. The molecule has 0 aromatic carbocycles. The number of hydrogen-bond donors (Lipinski definition) is 1. The van der Waals surface area contributed by atoms with Crippen LogP contribution in [0.4, 0.5) is 0 Å². The minimum atomic E-state index is 0.755. The molecule has 1 heterocycles. The van der Waals surface area contributed by atoms with Crippen LogP contribution in [0.25, 0.3) is 0 Å². The summed E-state index contributed by atoms with van der Waals surface area (Å²) in [4.78, 5) is 4.31. The van der Waals surface area contributed by atoms with Gasteiger partial charge in [0.05, 0.1) is 6.61 Å². The van der Waals surface area contributed by atoms with Crippen molar-refractivity contribution in [3.8, 4) is 5.88 Å². The fourth-order valence-electron chi connectivity index (χ4n) is 1.64. The van der Waals surface area contributed by atoms with Crippen molar-refractivity contribution in [2.24, 2.45) is 5.92 Å². The molecule has 3 nitrogen and oxygen atoms in total. The van der Waals surface area contributed by atoms with Gasteiger partial charge in [0.25, 0.3) is 0 Å². The Balaban J connectivity index is 1.47. The molecular formula is C13H18N2O. The lowest BCUT2D eigenvalue weighted by atomic mass is 10.3. The van der Waals surface area contributed by atoms with Crippen molar-refractivity contribution in [3.63, 3.8) is 0 Å². The maximum absolute atomic E-state index is 5.59. The Kier molecular flexibility index (Phi) is 2.79. The Morgan fingerprint density at radius 3 is 2.75 bits per heavy atom. The molecule has 1 N–H and O–H groups in total. The van der Waals surface area contributed by atoms with Crippen molar-refractivity contribution in [1.29, 1.82) is 0 Å². The summed E-state index contributed by atoms with van der Waals surface area (Å²) in [5.41, 5.74) is 1.24. The van der Waals surface area contributed by atoms with E-state index < -0.39 is 0 Å². The predicted octanol–water partition coefficient (Wildman–Crippen LogP) is 2.12. The number of nitrogens with one attached hydrogen (secondary N) is 1. The Bertz CT molecular complexity index is 306. The highest BCUT2D eigenvalue weighted by molar-refractivity contribution is 5.18. The summed E-state index contributed by atoms with van der Waals surface area (Å²) in [6.45, 7) is 1.77. The van der Waals surface area contributed by atoms with Gasteiger partial charge in [-0.2, -0.15) is 0 Å². The lowest BCUT2D eigenvalue weighted by Crippen LogP contribution is -2.15. The second-order valence-corrected chi connectivity index (χ2v) is 4.91. The molecule has 2 aliphatic carbocycles. The Labute approximate surface area is 96.2 Å². The van der Waals surface area contributed by atoms with Crippen molar-refractivity contribution in [2.75, 3.05) is 6.61 Å². The summed E-state index contributed by atoms with van der Waals surface area (Å²) in [5.74, 6) is 1.56. The fourth-order valence-corrected chi connectivity index (χ4v) is 1.64. The van der Waals surface area contributed by atoms with Crippen LogP contribution in [-0.2, 0) is 6.54 Å². The molecular weight excluding hydrogens is 200 g/mol. The monoisotopic (exact) mass is 218 g/mol. The molecule has 0 saturated heterocycles. The van der Waals surface area contributed by atoms with Crippen LogP contribution in [0.15, 0.2) is 18.3 Å². The van der Waals surface area contributed by atoms with E-state index in [9.17, 15) is 0 Å². The predicted molar refractivity (Wildman–Crippen MR) is 62.3 cm³/mol. The van der Waals surface area contributed by atoms with Crippen LogP contribution in [0.5, 0.6) is 5.88 Å². The summed E-state index contributed by atoms with van der Waals surface area (Å²) in [6.07, 6.45) is 7.22. The van der Waals surface area contributed by atoms with Crippen LogP contribution < -0.4 is 10.1 Å². The van der Waals surface area contributed by atoms with E-state index in [1.54, 1.807) is 0 Å². The van der Waals surface area contributed by atoms with Gasteiger partial charge in [-0.25, -0.2) is 4.98 Å². The quantitative estimate of drug-likeness (QED) is 0.794. The zero-order valence-corrected chi connectivity index (χ0v) is 9.48. The third-order valence-electron chi connectivity index (χ3n) is 3.13. The Morgan fingerprint density at radius 2 is 2.12 bits per heavy atom. The highest BCUT2D eigenvalue weighted by atomic mass is 16.5. The smallest absolute Gasteiger partial charge is 0.213 e. The summed E-state index contributed by atoms with van der Waals surface area (Å²) < 4.78 is 5.59. The minimum absolute atomic E-state index is 0.755. The van der Waals surface area contributed by atoms with E-state index in [0.717, 1.165) is 31.0 Å². The van der Waals surface area contributed by atoms with Crippen LogP contribution in [0.1, 0.15) is 31.2 Å².